The largest absolute Gasteiger partial charge is 0.478 e. The molecule has 1 aromatic carbocycles. The van der Waals surface area contributed by atoms with Crippen LogP contribution in [0.3, 0.4) is 0 Å². The highest BCUT2D eigenvalue weighted by atomic mass is 79.9. The van der Waals surface area contributed by atoms with Gasteiger partial charge in [-0.2, -0.15) is 5.10 Å². The number of nitrogens with zero attached hydrogens (tertiary/aromatic N) is 2. The maximum atomic E-state index is 10.9. The van der Waals surface area contributed by atoms with Crippen LogP contribution in [-0.2, 0) is 13.6 Å². The highest BCUT2D eigenvalue weighted by Gasteiger charge is 2.06. The van der Waals surface area contributed by atoms with Crippen molar-refractivity contribution in [2.45, 2.75) is 6.54 Å². The Kier molecular flexibility index (Phi) is 3.66. The highest BCUT2D eigenvalue weighted by molar-refractivity contribution is 9.10. The van der Waals surface area contributed by atoms with Crippen molar-refractivity contribution in [1.82, 2.24) is 9.78 Å². The molecule has 1 heterocycles. The van der Waals surface area contributed by atoms with Crippen LogP contribution in [0.5, 0.6) is 0 Å². The molecule has 5 nitrogen and oxygen atoms in total. The summed E-state index contributed by atoms with van der Waals surface area (Å²) in [6.45, 7) is 0.552. The van der Waals surface area contributed by atoms with Gasteiger partial charge in [-0.25, -0.2) is 4.79 Å². The molecule has 1 aromatic heterocycles. The molecule has 2 aromatic rings. The van der Waals surface area contributed by atoms with Crippen molar-refractivity contribution in [3.63, 3.8) is 0 Å². The topological polar surface area (TPSA) is 67.2 Å². The van der Waals surface area contributed by atoms with Crippen LogP contribution < -0.4 is 5.32 Å². The lowest BCUT2D eigenvalue weighted by atomic mass is 10.2. The molecule has 0 amide bonds. The van der Waals surface area contributed by atoms with Gasteiger partial charge in [-0.1, -0.05) is 15.9 Å². The van der Waals surface area contributed by atoms with E-state index in [1.54, 1.807) is 16.8 Å². The van der Waals surface area contributed by atoms with Gasteiger partial charge in [0, 0.05) is 23.4 Å². The van der Waals surface area contributed by atoms with Crippen LogP contribution in [0.1, 0.15) is 16.1 Å². The molecule has 0 radical (unpaired) electrons. The first-order valence-corrected chi connectivity index (χ1v) is 6.10. The second-order valence-corrected chi connectivity index (χ2v) is 4.78. The number of carboxylic acid groups (broad SMARTS) is 1. The number of anilines is 1. The predicted octanol–water partition coefficient (Wildman–Crippen LogP) is 2.49. The standard InChI is InChI=1S/C12H12BrN3O2/c1-16-3-2-10(15-16)7-14-11-5-8(12(17)18)4-9(13)6-11/h2-6,14H,7H2,1H3,(H,17,18). The molecule has 0 aliphatic heterocycles. The third-order valence-corrected chi connectivity index (χ3v) is 2.85. The van der Waals surface area contributed by atoms with E-state index in [1.807, 2.05) is 25.4 Å². The zero-order valence-corrected chi connectivity index (χ0v) is 11.3. The van der Waals surface area contributed by atoms with Crippen molar-refractivity contribution < 1.29 is 9.90 Å². The fraction of sp³-hybridized carbons (Fsp3) is 0.167. The summed E-state index contributed by atoms with van der Waals surface area (Å²) in [5.41, 5.74) is 1.88. The minimum atomic E-state index is -0.947. The number of nitrogens with one attached hydrogen (secondary N) is 1. The van der Waals surface area contributed by atoms with Crippen molar-refractivity contribution in [1.29, 1.82) is 0 Å². The van der Waals surface area contributed by atoms with Crippen molar-refractivity contribution in [2.24, 2.45) is 7.05 Å². The van der Waals surface area contributed by atoms with Crippen LogP contribution >= 0.6 is 15.9 Å². The molecule has 0 saturated carbocycles. The van der Waals surface area contributed by atoms with E-state index in [-0.39, 0.29) is 5.56 Å². The van der Waals surface area contributed by atoms with Gasteiger partial charge in [0.05, 0.1) is 17.8 Å². The number of halogens is 1. The third kappa shape index (κ3) is 3.10. The van der Waals surface area contributed by atoms with E-state index in [0.717, 1.165) is 15.9 Å². The molecule has 0 unspecified atom stereocenters. The smallest absolute Gasteiger partial charge is 0.335 e. The van der Waals surface area contributed by atoms with Gasteiger partial charge in [0.2, 0.25) is 0 Å². The molecule has 94 valence electrons. The first-order valence-electron chi connectivity index (χ1n) is 5.31. The van der Waals surface area contributed by atoms with Crippen molar-refractivity contribution in [3.05, 3.63) is 46.2 Å². The Bertz CT molecular complexity index is 580. The maximum Gasteiger partial charge on any atom is 0.335 e. The van der Waals surface area contributed by atoms with E-state index >= 15 is 0 Å². The average Bonchev–Trinajstić information content (AvgIpc) is 2.72. The number of aryl methyl sites for hydroxylation is 1. The number of carboxylic acids is 1. The minimum absolute atomic E-state index is 0.243. The van der Waals surface area contributed by atoms with Crippen LogP contribution in [-0.4, -0.2) is 20.9 Å². The van der Waals surface area contributed by atoms with Gasteiger partial charge in [0.15, 0.2) is 0 Å². The van der Waals surface area contributed by atoms with Crippen LogP contribution in [0, 0.1) is 0 Å². The Morgan fingerprint density at radius 1 is 1.50 bits per heavy atom. The molecule has 0 fully saturated rings. The van der Waals surface area contributed by atoms with E-state index < -0.39 is 5.97 Å². The molecule has 0 atom stereocenters. The Morgan fingerprint density at radius 3 is 2.89 bits per heavy atom. The number of aromatic carboxylic acids is 1. The average molecular weight is 310 g/mol. The Morgan fingerprint density at radius 2 is 2.28 bits per heavy atom. The predicted molar refractivity (Wildman–Crippen MR) is 71.6 cm³/mol. The summed E-state index contributed by atoms with van der Waals surface area (Å²) in [4.78, 5) is 10.9. The van der Waals surface area contributed by atoms with E-state index in [2.05, 4.69) is 26.3 Å². The summed E-state index contributed by atoms with van der Waals surface area (Å²) in [5, 5.41) is 16.3. The monoisotopic (exact) mass is 309 g/mol. The lowest BCUT2D eigenvalue weighted by Gasteiger charge is -2.06. The highest BCUT2D eigenvalue weighted by Crippen LogP contribution is 2.20. The summed E-state index contributed by atoms with van der Waals surface area (Å²) in [5.74, 6) is -0.947. The molecular weight excluding hydrogens is 298 g/mol. The van der Waals surface area contributed by atoms with Gasteiger partial charge in [-0.05, 0) is 24.3 Å². The third-order valence-electron chi connectivity index (χ3n) is 2.39. The number of hydrogen-bond acceptors (Lipinski definition) is 3. The molecule has 6 heteroatoms. The van der Waals surface area contributed by atoms with E-state index in [4.69, 9.17) is 5.11 Å². The van der Waals surface area contributed by atoms with Gasteiger partial charge in [0.1, 0.15) is 0 Å². The summed E-state index contributed by atoms with van der Waals surface area (Å²) in [7, 11) is 1.85. The van der Waals surface area contributed by atoms with Crippen LogP contribution in [0.15, 0.2) is 34.9 Å². The SMILES string of the molecule is Cn1ccc(CNc2cc(Br)cc(C(=O)O)c2)n1. The maximum absolute atomic E-state index is 10.9. The van der Waals surface area contributed by atoms with Gasteiger partial charge < -0.3 is 10.4 Å². The Balaban J connectivity index is 2.11. The number of benzene rings is 1. The molecule has 2 N–H and O–H groups in total. The number of aromatic nitrogens is 2. The number of rotatable bonds is 4. The van der Waals surface area contributed by atoms with Crippen LogP contribution in [0.2, 0.25) is 0 Å². The van der Waals surface area contributed by atoms with Crippen molar-refractivity contribution in [2.75, 3.05) is 5.32 Å². The summed E-state index contributed by atoms with van der Waals surface area (Å²) >= 11 is 3.29. The lowest BCUT2D eigenvalue weighted by Crippen LogP contribution is -2.03. The molecule has 0 aliphatic rings. The van der Waals surface area contributed by atoms with Crippen molar-refractivity contribution in [3.8, 4) is 0 Å². The molecule has 2 rings (SSSR count). The summed E-state index contributed by atoms with van der Waals surface area (Å²) < 4.78 is 2.45. The fourth-order valence-corrected chi connectivity index (χ4v) is 2.06. The lowest BCUT2D eigenvalue weighted by molar-refractivity contribution is 0.0697. The molecule has 18 heavy (non-hydrogen) atoms. The second-order valence-electron chi connectivity index (χ2n) is 3.87. The summed E-state index contributed by atoms with van der Waals surface area (Å²) in [6, 6.07) is 6.89. The van der Waals surface area contributed by atoms with Crippen molar-refractivity contribution >= 4 is 27.6 Å². The number of carbonyl (C=O) groups is 1. The number of hydrogen-bond donors (Lipinski definition) is 2. The van der Waals surface area contributed by atoms with Gasteiger partial charge in [-0.15, -0.1) is 0 Å². The summed E-state index contributed by atoms with van der Waals surface area (Å²) in [6.07, 6.45) is 1.86. The first-order chi connectivity index (χ1) is 8.54. The Hall–Kier alpha value is -1.82. The van der Waals surface area contributed by atoms with Crippen LogP contribution in [0.4, 0.5) is 5.69 Å². The van der Waals surface area contributed by atoms with Crippen LogP contribution in [0.25, 0.3) is 0 Å². The van der Waals surface area contributed by atoms with Gasteiger partial charge in [0.25, 0.3) is 0 Å². The quantitative estimate of drug-likeness (QED) is 0.910. The van der Waals surface area contributed by atoms with Gasteiger partial charge >= 0.3 is 5.97 Å². The molecule has 0 aliphatic carbocycles. The van der Waals surface area contributed by atoms with Gasteiger partial charge in [-0.3, -0.25) is 4.68 Å². The zero-order valence-electron chi connectivity index (χ0n) is 9.72. The molecule has 0 saturated heterocycles. The second kappa shape index (κ2) is 5.22. The fourth-order valence-electron chi connectivity index (χ4n) is 1.57. The van der Waals surface area contributed by atoms with E-state index in [0.29, 0.717) is 6.54 Å². The van der Waals surface area contributed by atoms with E-state index in [9.17, 15) is 4.79 Å². The molecular formula is C12H12BrN3O2. The minimum Gasteiger partial charge on any atom is -0.478 e. The molecule has 0 spiro atoms. The zero-order chi connectivity index (χ0) is 13.1. The molecule has 0 bridgehead atoms. The first kappa shape index (κ1) is 12.6. The normalized spacial score (nSPS) is 10.3. The van der Waals surface area contributed by atoms with E-state index in [1.165, 1.54) is 0 Å². The Labute approximate surface area is 113 Å².